The van der Waals surface area contributed by atoms with Crippen LogP contribution in [0.2, 0.25) is 0 Å². The molecule has 114 valence electrons. The summed E-state index contributed by atoms with van der Waals surface area (Å²) in [5.74, 6) is -1.21. The topological polar surface area (TPSA) is 84.5 Å². The van der Waals surface area contributed by atoms with Gasteiger partial charge in [0.05, 0.1) is 11.4 Å². The van der Waals surface area contributed by atoms with Crippen molar-refractivity contribution in [3.05, 3.63) is 46.4 Å². The first-order chi connectivity index (χ1) is 10.9. The SMILES string of the molecule is [2H]C([2H])([2H])N(CS(=O)(=O)O)c1c(C)n(C)n(-c2ccccc2)c1=O. The van der Waals surface area contributed by atoms with Crippen LogP contribution in [0.4, 0.5) is 5.69 Å². The molecule has 8 heteroatoms. The monoisotopic (exact) mass is 314 g/mol. The standard InChI is InChI=1S/C13H17N3O4S/c1-10-12(14(2)9-21(18,19)20)13(17)16(15(10)3)11-7-5-4-6-8-11/h4-8H,9H2,1-3H3,(H,18,19,20)/i2D3. The highest BCUT2D eigenvalue weighted by atomic mass is 32.2. The zero-order valence-corrected chi connectivity index (χ0v) is 12.3. The highest BCUT2D eigenvalue weighted by Gasteiger charge is 2.21. The summed E-state index contributed by atoms with van der Waals surface area (Å²) in [6, 6.07) is 8.51. The van der Waals surface area contributed by atoms with Crippen molar-refractivity contribution in [3.8, 4) is 5.69 Å². The zero-order valence-electron chi connectivity index (χ0n) is 14.5. The molecule has 0 radical (unpaired) electrons. The van der Waals surface area contributed by atoms with Crippen LogP contribution in [-0.4, -0.2) is 35.2 Å². The highest BCUT2D eigenvalue weighted by Crippen LogP contribution is 2.17. The Bertz CT molecular complexity index is 901. The molecule has 0 bridgehead atoms. The lowest BCUT2D eigenvalue weighted by Gasteiger charge is -2.15. The highest BCUT2D eigenvalue weighted by molar-refractivity contribution is 7.85. The Morgan fingerprint density at radius 1 is 1.33 bits per heavy atom. The average Bonchev–Trinajstić information content (AvgIpc) is 2.66. The van der Waals surface area contributed by atoms with Crippen LogP contribution >= 0.6 is 0 Å². The van der Waals surface area contributed by atoms with Gasteiger partial charge in [-0.1, -0.05) is 18.2 Å². The summed E-state index contributed by atoms with van der Waals surface area (Å²) < 4.78 is 56.6. The van der Waals surface area contributed by atoms with Gasteiger partial charge in [0.2, 0.25) is 0 Å². The molecule has 2 rings (SSSR count). The van der Waals surface area contributed by atoms with E-state index in [4.69, 9.17) is 8.67 Å². The summed E-state index contributed by atoms with van der Waals surface area (Å²) in [5.41, 5.74) is -0.250. The van der Waals surface area contributed by atoms with Gasteiger partial charge in [-0.3, -0.25) is 14.0 Å². The van der Waals surface area contributed by atoms with Gasteiger partial charge in [-0.25, -0.2) is 4.68 Å². The van der Waals surface area contributed by atoms with Gasteiger partial charge in [-0.05, 0) is 19.1 Å². The van der Waals surface area contributed by atoms with Crippen LogP contribution in [0, 0.1) is 6.92 Å². The van der Waals surface area contributed by atoms with Crippen molar-refractivity contribution in [2.75, 3.05) is 17.8 Å². The predicted molar refractivity (Wildman–Crippen MR) is 80.6 cm³/mol. The number of aromatic nitrogens is 2. The molecule has 0 amide bonds. The molecule has 0 unspecified atom stereocenters. The molecule has 2 aromatic rings. The molecule has 0 spiro atoms. The molecule has 0 atom stereocenters. The number of rotatable bonds is 4. The molecule has 7 nitrogen and oxygen atoms in total. The van der Waals surface area contributed by atoms with E-state index >= 15 is 0 Å². The summed E-state index contributed by atoms with van der Waals surface area (Å²) in [6.45, 7) is -1.42. The van der Waals surface area contributed by atoms with Crippen LogP contribution in [-0.2, 0) is 17.2 Å². The van der Waals surface area contributed by atoms with Gasteiger partial charge < -0.3 is 4.90 Å². The van der Waals surface area contributed by atoms with Gasteiger partial charge in [-0.15, -0.1) is 0 Å². The third kappa shape index (κ3) is 3.01. The van der Waals surface area contributed by atoms with Crippen molar-refractivity contribution < 1.29 is 17.1 Å². The van der Waals surface area contributed by atoms with Gasteiger partial charge in [0.25, 0.3) is 15.7 Å². The van der Waals surface area contributed by atoms with Crippen LogP contribution in [0.15, 0.2) is 35.1 Å². The minimum atomic E-state index is -4.65. The van der Waals surface area contributed by atoms with Crippen molar-refractivity contribution in [2.45, 2.75) is 6.92 Å². The predicted octanol–water partition coefficient (Wildman–Crippen LogP) is 0.766. The number of nitrogens with zero attached hydrogens (tertiary/aromatic N) is 3. The summed E-state index contributed by atoms with van der Waals surface area (Å²) in [5, 5.41) is 0. The molecule has 1 aromatic carbocycles. The second kappa shape index (κ2) is 5.38. The lowest BCUT2D eigenvalue weighted by atomic mass is 10.3. The van der Waals surface area contributed by atoms with E-state index in [1.165, 1.54) is 16.3 Å². The molecule has 0 saturated carbocycles. The maximum absolute atomic E-state index is 12.8. The molecule has 0 aliphatic rings. The fourth-order valence-electron chi connectivity index (χ4n) is 2.09. The van der Waals surface area contributed by atoms with Crippen LogP contribution in [0.25, 0.3) is 5.69 Å². The summed E-state index contributed by atoms with van der Waals surface area (Å²) in [7, 11) is -3.09. The van der Waals surface area contributed by atoms with Crippen molar-refractivity contribution in [1.82, 2.24) is 9.36 Å². The second-order valence-corrected chi connectivity index (χ2v) is 5.97. The minimum Gasteiger partial charge on any atom is -0.353 e. The van der Waals surface area contributed by atoms with E-state index in [1.54, 1.807) is 37.4 Å². The minimum absolute atomic E-state index is 0.253. The molecular weight excluding hydrogens is 294 g/mol. The molecule has 0 aliphatic carbocycles. The van der Waals surface area contributed by atoms with E-state index in [0.29, 0.717) is 10.6 Å². The Balaban J connectivity index is 2.72. The van der Waals surface area contributed by atoms with Gasteiger partial charge in [0.1, 0.15) is 11.6 Å². The van der Waals surface area contributed by atoms with Crippen LogP contribution in [0.3, 0.4) is 0 Å². The van der Waals surface area contributed by atoms with Crippen LogP contribution < -0.4 is 10.5 Å². The molecule has 0 fully saturated rings. The average molecular weight is 314 g/mol. The maximum Gasteiger partial charge on any atom is 0.295 e. The van der Waals surface area contributed by atoms with E-state index < -0.39 is 28.5 Å². The number of para-hydroxylation sites is 1. The van der Waals surface area contributed by atoms with Gasteiger partial charge in [-0.2, -0.15) is 8.42 Å². The molecule has 1 N–H and O–H groups in total. The molecule has 0 saturated heterocycles. The maximum atomic E-state index is 12.8. The summed E-state index contributed by atoms with van der Waals surface area (Å²) in [4.78, 5) is 13.2. The van der Waals surface area contributed by atoms with E-state index in [2.05, 4.69) is 0 Å². The second-order valence-electron chi connectivity index (χ2n) is 4.55. The number of hydrogen-bond acceptors (Lipinski definition) is 4. The number of benzene rings is 1. The largest absolute Gasteiger partial charge is 0.353 e. The quantitative estimate of drug-likeness (QED) is 0.843. The van der Waals surface area contributed by atoms with Crippen molar-refractivity contribution in [1.29, 1.82) is 0 Å². The lowest BCUT2D eigenvalue weighted by Crippen LogP contribution is -2.30. The first-order valence-electron chi connectivity index (χ1n) is 7.50. The molecule has 21 heavy (non-hydrogen) atoms. The van der Waals surface area contributed by atoms with Crippen molar-refractivity contribution in [2.24, 2.45) is 7.05 Å². The Morgan fingerprint density at radius 2 is 1.95 bits per heavy atom. The third-order valence-electron chi connectivity index (χ3n) is 3.09. The Morgan fingerprint density at radius 3 is 2.48 bits per heavy atom. The van der Waals surface area contributed by atoms with E-state index in [-0.39, 0.29) is 11.4 Å². The third-order valence-corrected chi connectivity index (χ3v) is 3.67. The molecular formula is C13H17N3O4S. The Labute approximate surface area is 127 Å². The fraction of sp³-hybridized carbons (Fsp3) is 0.308. The van der Waals surface area contributed by atoms with Gasteiger partial charge >= 0.3 is 0 Å². The fourth-order valence-corrected chi connectivity index (χ4v) is 2.55. The summed E-state index contributed by atoms with van der Waals surface area (Å²) in [6.07, 6.45) is 0. The number of anilines is 1. The van der Waals surface area contributed by atoms with Gasteiger partial charge in [0, 0.05) is 18.1 Å². The first-order valence-corrected chi connectivity index (χ1v) is 7.61. The van der Waals surface area contributed by atoms with E-state index in [9.17, 15) is 13.2 Å². The Kier molecular flexibility index (Phi) is 2.97. The lowest BCUT2D eigenvalue weighted by molar-refractivity contribution is 0.482. The molecule has 0 aliphatic heterocycles. The van der Waals surface area contributed by atoms with E-state index in [1.807, 2.05) is 0 Å². The molecule has 1 heterocycles. The number of hydrogen-bond donors (Lipinski definition) is 1. The van der Waals surface area contributed by atoms with Gasteiger partial charge in [0.15, 0.2) is 0 Å². The Hall–Kier alpha value is -2.06. The molecule has 1 aromatic heterocycles. The normalized spacial score (nSPS) is 14.3. The van der Waals surface area contributed by atoms with E-state index in [0.717, 1.165) is 0 Å². The van der Waals surface area contributed by atoms with Crippen LogP contribution in [0.5, 0.6) is 0 Å². The summed E-state index contributed by atoms with van der Waals surface area (Å²) >= 11 is 0. The van der Waals surface area contributed by atoms with Crippen molar-refractivity contribution >= 4 is 15.8 Å². The van der Waals surface area contributed by atoms with Crippen molar-refractivity contribution in [3.63, 3.8) is 0 Å². The first kappa shape index (κ1) is 11.6. The smallest absolute Gasteiger partial charge is 0.295 e. The van der Waals surface area contributed by atoms with Crippen LogP contribution in [0.1, 0.15) is 9.81 Å². The zero-order chi connectivity index (χ0) is 18.3.